The molecule has 0 saturated carbocycles. The molecule has 8 bridgehead atoms. The largest absolute Gasteiger partial charge is 0.481 e. The summed E-state index contributed by atoms with van der Waals surface area (Å²) in [6.45, 7) is 16.5. The minimum atomic E-state index is -0.872. The maximum atomic E-state index is 12.9. The van der Waals surface area contributed by atoms with Crippen molar-refractivity contribution in [3.8, 4) is 0 Å². The Morgan fingerprint density at radius 1 is 1.02 bits per heavy atom. The van der Waals surface area contributed by atoms with E-state index >= 15 is 0 Å². The summed E-state index contributed by atoms with van der Waals surface area (Å²) in [6, 6.07) is 6.20. The van der Waals surface area contributed by atoms with Crippen LogP contribution >= 0.6 is 0 Å². The van der Waals surface area contributed by atoms with Gasteiger partial charge in [0.25, 0.3) is 5.97 Å². The van der Waals surface area contributed by atoms with Crippen LogP contribution in [-0.2, 0) is 43.9 Å². The van der Waals surface area contributed by atoms with E-state index < -0.39 is 5.97 Å². The number of ether oxygens (including phenoxy) is 1. The molecule has 5 rings (SSSR count). The molecule has 44 heavy (non-hydrogen) atoms. The van der Waals surface area contributed by atoms with Crippen LogP contribution in [0.2, 0.25) is 0 Å². The van der Waals surface area contributed by atoms with Crippen molar-refractivity contribution in [2.75, 3.05) is 6.61 Å². The second kappa shape index (κ2) is 13.4. The van der Waals surface area contributed by atoms with Gasteiger partial charge in [-0.1, -0.05) is 50.7 Å². The van der Waals surface area contributed by atoms with Crippen LogP contribution in [0.1, 0.15) is 103 Å². The fourth-order valence-corrected chi connectivity index (χ4v) is 6.30. The Hall–Kier alpha value is -3.95. The number of fused-ring (bicyclic) bond motifs is 8. The van der Waals surface area contributed by atoms with Gasteiger partial charge in [-0.25, -0.2) is 0 Å². The molecular formula is C35H39CoN4O4-. The van der Waals surface area contributed by atoms with Crippen LogP contribution in [0.25, 0.3) is 33.7 Å². The van der Waals surface area contributed by atoms with E-state index in [-0.39, 0.29) is 54.0 Å². The number of carboxylic acids is 1. The summed E-state index contributed by atoms with van der Waals surface area (Å²) in [4.78, 5) is 41.9. The Bertz CT molecular complexity index is 1830. The van der Waals surface area contributed by atoms with Gasteiger partial charge in [0.05, 0.1) is 6.61 Å². The topological polar surface area (TPSA) is 121 Å². The van der Waals surface area contributed by atoms with Crippen LogP contribution in [0.3, 0.4) is 0 Å². The molecule has 1 radical (unpaired) electrons. The third-order valence-corrected chi connectivity index (χ3v) is 8.72. The number of esters is 1. The molecule has 0 unspecified atom stereocenters. The summed E-state index contributed by atoms with van der Waals surface area (Å²) in [5, 5.41) is 9.57. The van der Waals surface area contributed by atoms with Gasteiger partial charge in [0.15, 0.2) is 0 Å². The molecule has 0 saturated heterocycles. The number of carbonyl (C=O) groups is 2. The van der Waals surface area contributed by atoms with Crippen molar-refractivity contribution in [2.24, 2.45) is 0 Å². The fraction of sp³-hybridized carbons (Fsp3) is 0.371. The number of allylic oxidation sites excluding steroid dienone is 1. The van der Waals surface area contributed by atoms with Gasteiger partial charge in [0.1, 0.15) is 0 Å². The summed E-state index contributed by atoms with van der Waals surface area (Å²) in [6.07, 6.45) is 6.44. The molecule has 0 fully saturated rings. The molecule has 233 valence electrons. The van der Waals surface area contributed by atoms with Crippen LogP contribution < -0.4 is 0 Å². The Balaban J connectivity index is 0.00000442. The predicted molar refractivity (Wildman–Crippen MR) is 170 cm³/mol. The number of aromatic nitrogens is 4. The molecule has 2 atom stereocenters. The molecule has 0 aromatic carbocycles. The average molecular weight is 639 g/mol. The predicted octanol–water partition coefficient (Wildman–Crippen LogP) is 7.25. The van der Waals surface area contributed by atoms with Crippen molar-refractivity contribution in [1.29, 1.82) is 0 Å². The molecular weight excluding hydrogens is 599 g/mol. The molecule has 5 heterocycles. The van der Waals surface area contributed by atoms with Crippen molar-refractivity contribution >= 4 is 45.7 Å². The monoisotopic (exact) mass is 638 g/mol. The first-order valence-electron chi connectivity index (χ1n) is 14.9. The maximum Gasteiger partial charge on any atom is 0.303 e. The van der Waals surface area contributed by atoms with Crippen LogP contribution in [0.5, 0.6) is 0 Å². The van der Waals surface area contributed by atoms with Crippen molar-refractivity contribution < 1.29 is 36.2 Å². The van der Waals surface area contributed by atoms with Crippen molar-refractivity contribution in [1.82, 2.24) is 19.9 Å². The molecule has 9 heteroatoms. The van der Waals surface area contributed by atoms with E-state index in [1.54, 1.807) is 6.92 Å². The molecule has 0 spiro atoms. The van der Waals surface area contributed by atoms with Crippen molar-refractivity contribution in [2.45, 2.75) is 79.1 Å². The molecule has 3 aromatic rings. The second-order valence-electron chi connectivity index (χ2n) is 11.3. The van der Waals surface area contributed by atoms with E-state index in [1.807, 2.05) is 25.1 Å². The van der Waals surface area contributed by atoms with E-state index in [2.05, 4.69) is 56.4 Å². The minimum absolute atomic E-state index is 0. The Kier molecular flexibility index (Phi) is 10.0. The smallest absolute Gasteiger partial charge is 0.303 e. The number of hydrogen-bond acceptors (Lipinski definition) is 5. The molecule has 0 aliphatic carbocycles. The standard InChI is InChI=1S/C35H39N4O4.Co/c1-8-22-20(6)28-17-32-23(9-2)19(5)27(37-32)16-29-21(7)24(11-12-33(40)41)35(39-29)25(14-34(42)43-10-3)30-13-18(4)26(36-30)15-31(22)38-28;/h9,15-17,21,24,37-38H,2,8,10-12,14H2,1,3-7H3,(H,40,41);/q-1;/t21-,24-;/m0./s1. The third kappa shape index (κ3) is 6.16. The van der Waals surface area contributed by atoms with Crippen LogP contribution in [0, 0.1) is 19.9 Å². The number of nitrogens with zero attached hydrogens (tertiary/aromatic N) is 2. The van der Waals surface area contributed by atoms with E-state index in [0.717, 1.165) is 56.6 Å². The summed E-state index contributed by atoms with van der Waals surface area (Å²) in [5.41, 5.74) is 12.5. The van der Waals surface area contributed by atoms with E-state index in [4.69, 9.17) is 14.7 Å². The number of aromatic amines is 2. The van der Waals surface area contributed by atoms with E-state index in [0.29, 0.717) is 23.4 Å². The van der Waals surface area contributed by atoms with Gasteiger partial charge in [-0.3, -0.25) is 14.6 Å². The second-order valence-corrected chi connectivity index (χ2v) is 11.3. The number of H-pyrrole nitrogens is 2. The Morgan fingerprint density at radius 3 is 2.39 bits per heavy atom. The van der Waals surface area contributed by atoms with Gasteiger partial charge >= 0.3 is 5.97 Å². The molecule has 3 aromatic heterocycles. The van der Waals surface area contributed by atoms with Gasteiger partial charge in [-0.2, -0.15) is 6.08 Å². The molecule has 2 aliphatic heterocycles. The Morgan fingerprint density at radius 2 is 1.73 bits per heavy atom. The average Bonchev–Trinajstić information content (AvgIpc) is 3.65. The first-order chi connectivity index (χ1) is 20.6. The summed E-state index contributed by atoms with van der Waals surface area (Å²) >= 11 is 0. The van der Waals surface area contributed by atoms with E-state index in [1.165, 1.54) is 11.1 Å². The zero-order valence-electron chi connectivity index (χ0n) is 26.1. The van der Waals surface area contributed by atoms with Gasteiger partial charge in [-0.05, 0) is 79.7 Å². The molecule has 8 nitrogen and oxygen atoms in total. The number of carboxylic acid groups (broad SMARTS) is 1. The number of nitrogens with one attached hydrogen (secondary N) is 2. The number of aliphatic carboxylic acids is 1. The van der Waals surface area contributed by atoms with E-state index in [9.17, 15) is 14.7 Å². The number of carbonyl (C=O) groups excluding carboxylic acids is 1. The van der Waals surface area contributed by atoms with Gasteiger partial charge < -0.3 is 24.8 Å². The van der Waals surface area contributed by atoms with Gasteiger partial charge in [0, 0.05) is 68.9 Å². The summed E-state index contributed by atoms with van der Waals surface area (Å²) in [7, 11) is 0. The summed E-state index contributed by atoms with van der Waals surface area (Å²) < 4.78 is 5.36. The zero-order valence-corrected chi connectivity index (χ0v) is 27.1. The maximum absolute atomic E-state index is 12.9. The first kappa shape index (κ1) is 32.9. The normalized spacial score (nSPS) is 15.8. The molecule has 2 aliphatic rings. The first-order valence-corrected chi connectivity index (χ1v) is 14.9. The van der Waals surface area contributed by atoms with Crippen molar-refractivity contribution in [3.05, 3.63) is 81.4 Å². The van der Waals surface area contributed by atoms with Crippen molar-refractivity contribution in [3.63, 3.8) is 0 Å². The zero-order chi connectivity index (χ0) is 31.0. The number of aryl methyl sites for hydroxylation is 3. The van der Waals surface area contributed by atoms with Crippen LogP contribution in [0.15, 0.2) is 24.8 Å². The quantitative estimate of drug-likeness (QED) is 0.177. The number of hydrogen-bond donors (Lipinski definition) is 3. The van der Waals surface area contributed by atoms with Gasteiger partial charge in [-0.15, -0.1) is 5.57 Å². The van der Waals surface area contributed by atoms with Gasteiger partial charge in [0.2, 0.25) is 0 Å². The minimum Gasteiger partial charge on any atom is -0.481 e. The molecule has 0 amide bonds. The molecule has 3 N–H and O–H groups in total. The SMILES string of the molecule is C=Cc1c(C)c2cc3nc(c(CC(=O)OCC)c4nc(cc5[nH]c(cc1[nH]2)c(C)c5CC)C(C)=[C-]4)[C@@H](CCC(=O)O)[C@@H]3C.[Co]. The number of rotatable bonds is 8. The summed E-state index contributed by atoms with van der Waals surface area (Å²) in [5.74, 6) is -1.57. The fourth-order valence-electron chi connectivity index (χ4n) is 6.30. The van der Waals surface area contributed by atoms with Crippen LogP contribution in [0.4, 0.5) is 0 Å². The Labute approximate surface area is 268 Å². The third-order valence-electron chi connectivity index (χ3n) is 8.72. The van der Waals surface area contributed by atoms with Crippen LogP contribution in [-0.4, -0.2) is 43.6 Å².